The van der Waals surface area contributed by atoms with E-state index in [-0.39, 0.29) is 12.5 Å². The van der Waals surface area contributed by atoms with Crippen LogP contribution in [0.4, 0.5) is 15.8 Å². The number of hydrogen-bond donors (Lipinski definition) is 2. The lowest BCUT2D eigenvalue weighted by molar-refractivity contribution is 0.102. The van der Waals surface area contributed by atoms with Gasteiger partial charge in [0.1, 0.15) is 5.82 Å². The molecule has 1 unspecified atom stereocenters. The molecule has 8 heteroatoms. The lowest BCUT2D eigenvalue weighted by atomic mass is 10.1. The highest BCUT2D eigenvalue weighted by Gasteiger charge is 2.11. The van der Waals surface area contributed by atoms with E-state index in [4.69, 9.17) is 10.3 Å². The Morgan fingerprint density at radius 2 is 1.78 bits per heavy atom. The molecule has 5 nitrogen and oxygen atoms in total. The maximum Gasteiger partial charge on any atom is 0.255 e. The van der Waals surface area contributed by atoms with Gasteiger partial charge in [0.2, 0.25) is 8.03 Å². The molecule has 4 aromatic rings. The minimum Gasteiger partial charge on any atom is -0.397 e. The number of halogens is 1. The molecule has 3 N–H and O–H groups in total. The SMILES string of the molecule is Nc1ccc(-c2cccs2)cc1NC(=O)c1ccc(CO[PH](=O)c2ccc(F)cc2)cc1. The van der Waals surface area contributed by atoms with Gasteiger partial charge < -0.3 is 15.6 Å². The summed E-state index contributed by atoms with van der Waals surface area (Å²) in [6, 6.07) is 21.7. The molecule has 0 radical (unpaired) electrons. The molecule has 0 saturated carbocycles. The van der Waals surface area contributed by atoms with Crippen LogP contribution in [0.15, 0.2) is 84.2 Å². The summed E-state index contributed by atoms with van der Waals surface area (Å²) < 4.78 is 30.6. The summed E-state index contributed by atoms with van der Waals surface area (Å²) in [4.78, 5) is 13.8. The van der Waals surface area contributed by atoms with Crippen molar-refractivity contribution < 1.29 is 18.3 Å². The van der Waals surface area contributed by atoms with Crippen molar-refractivity contribution in [1.29, 1.82) is 0 Å². The van der Waals surface area contributed by atoms with Crippen molar-refractivity contribution in [2.24, 2.45) is 0 Å². The highest BCUT2D eigenvalue weighted by atomic mass is 32.1. The average Bonchev–Trinajstić information content (AvgIpc) is 3.35. The highest BCUT2D eigenvalue weighted by molar-refractivity contribution is 7.48. The number of carbonyl (C=O) groups excluding carboxylic acids is 1. The molecule has 0 bridgehead atoms. The first kappa shape index (κ1) is 22.0. The number of anilines is 2. The summed E-state index contributed by atoms with van der Waals surface area (Å²) in [5.74, 6) is -0.676. The van der Waals surface area contributed by atoms with Crippen LogP contribution in [0, 0.1) is 5.82 Å². The van der Waals surface area contributed by atoms with E-state index in [9.17, 15) is 13.8 Å². The summed E-state index contributed by atoms with van der Waals surface area (Å²) in [5.41, 5.74) is 9.27. The first-order valence-electron chi connectivity index (χ1n) is 9.76. The van der Waals surface area contributed by atoms with Crippen LogP contribution in [-0.2, 0) is 15.7 Å². The molecule has 32 heavy (non-hydrogen) atoms. The minimum atomic E-state index is -2.48. The molecule has 162 valence electrons. The van der Waals surface area contributed by atoms with Gasteiger partial charge in [-0.2, -0.15) is 0 Å². The first-order chi connectivity index (χ1) is 15.5. The third kappa shape index (κ3) is 5.32. The van der Waals surface area contributed by atoms with E-state index < -0.39 is 13.8 Å². The van der Waals surface area contributed by atoms with Crippen LogP contribution in [-0.4, -0.2) is 5.91 Å². The van der Waals surface area contributed by atoms with Gasteiger partial charge in [-0.05, 0) is 71.1 Å². The molecule has 0 aliphatic rings. The van der Waals surface area contributed by atoms with E-state index in [0.29, 0.717) is 22.2 Å². The zero-order valence-electron chi connectivity index (χ0n) is 16.9. The predicted octanol–water partition coefficient (Wildman–Crippen LogP) is 5.71. The number of nitrogens with two attached hydrogens (primary N) is 1. The summed E-state index contributed by atoms with van der Waals surface area (Å²) >= 11 is 1.61. The fourth-order valence-electron chi connectivity index (χ4n) is 3.03. The van der Waals surface area contributed by atoms with E-state index in [2.05, 4.69) is 5.32 Å². The van der Waals surface area contributed by atoms with Gasteiger partial charge in [0.15, 0.2) is 0 Å². The quantitative estimate of drug-likeness (QED) is 0.270. The van der Waals surface area contributed by atoms with Crippen molar-refractivity contribution >= 4 is 42.0 Å². The zero-order chi connectivity index (χ0) is 22.5. The minimum absolute atomic E-state index is 0.118. The number of hydrogen-bond acceptors (Lipinski definition) is 5. The van der Waals surface area contributed by atoms with Gasteiger partial charge in [-0.15, -0.1) is 11.3 Å². The smallest absolute Gasteiger partial charge is 0.255 e. The molecule has 4 rings (SSSR count). The lowest BCUT2D eigenvalue weighted by Gasteiger charge is -2.11. The Kier molecular flexibility index (Phi) is 6.81. The number of rotatable bonds is 7. The van der Waals surface area contributed by atoms with E-state index in [0.717, 1.165) is 16.0 Å². The van der Waals surface area contributed by atoms with Gasteiger partial charge in [0.05, 0.1) is 18.0 Å². The molecule has 0 aliphatic carbocycles. The van der Waals surface area contributed by atoms with Gasteiger partial charge in [-0.1, -0.05) is 24.3 Å². The molecule has 0 saturated heterocycles. The molecule has 0 spiro atoms. The first-order valence-corrected chi connectivity index (χ1v) is 12.0. The number of nitrogens with one attached hydrogen (secondary N) is 1. The van der Waals surface area contributed by atoms with Crippen LogP contribution in [0.1, 0.15) is 15.9 Å². The molecule has 1 heterocycles. The van der Waals surface area contributed by atoms with E-state index >= 15 is 0 Å². The van der Waals surface area contributed by atoms with Crippen LogP contribution in [0.3, 0.4) is 0 Å². The van der Waals surface area contributed by atoms with Crippen molar-refractivity contribution in [3.8, 4) is 10.4 Å². The Labute approximate surface area is 189 Å². The Bertz CT molecular complexity index is 1240. The van der Waals surface area contributed by atoms with Gasteiger partial charge in [0.25, 0.3) is 5.91 Å². The number of nitrogen functional groups attached to an aromatic ring is 1. The van der Waals surface area contributed by atoms with Crippen LogP contribution in [0.2, 0.25) is 0 Å². The van der Waals surface area contributed by atoms with E-state index in [1.165, 1.54) is 24.3 Å². The lowest BCUT2D eigenvalue weighted by Crippen LogP contribution is -2.13. The topological polar surface area (TPSA) is 81.4 Å². The van der Waals surface area contributed by atoms with Crippen molar-refractivity contribution in [3.05, 3.63) is 101 Å². The monoisotopic (exact) mass is 466 g/mol. The number of benzene rings is 3. The van der Waals surface area contributed by atoms with E-state index in [1.54, 1.807) is 41.7 Å². The fourth-order valence-corrected chi connectivity index (χ4v) is 4.65. The zero-order valence-corrected chi connectivity index (χ0v) is 18.7. The molecule has 1 amide bonds. The Morgan fingerprint density at radius 3 is 2.47 bits per heavy atom. The third-order valence-electron chi connectivity index (χ3n) is 4.77. The van der Waals surface area contributed by atoms with Crippen molar-refractivity contribution in [2.45, 2.75) is 6.61 Å². The standard InChI is InChI=1S/C24H20FN2O3PS/c25-19-8-10-20(11-9-19)31(29)30-15-16-3-5-17(6-4-16)24(28)27-22-14-18(7-12-21(22)26)23-2-1-13-32-23/h1-14,31H,15,26H2,(H,27,28). The Balaban J connectivity index is 1.39. The summed E-state index contributed by atoms with van der Waals surface area (Å²) in [6.07, 6.45) is 0. The van der Waals surface area contributed by atoms with Crippen LogP contribution in [0.25, 0.3) is 10.4 Å². The Morgan fingerprint density at radius 1 is 1.03 bits per heavy atom. The van der Waals surface area contributed by atoms with E-state index in [1.807, 2.05) is 29.6 Å². The number of carbonyl (C=O) groups is 1. The molecule has 0 aliphatic heterocycles. The number of thiophene rings is 1. The molecule has 1 aromatic heterocycles. The fraction of sp³-hybridized carbons (Fsp3) is 0.0417. The predicted molar refractivity (Wildman–Crippen MR) is 128 cm³/mol. The number of amides is 1. The van der Waals surface area contributed by atoms with Gasteiger partial charge in [-0.3, -0.25) is 9.36 Å². The van der Waals surface area contributed by atoms with Crippen molar-refractivity contribution in [1.82, 2.24) is 0 Å². The molecule has 0 fully saturated rings. The van der Waals surface area contributed by atoms with Crippen LogP contribution >= 0.6 is 19.4 Å². The maximum atomic E-state index is 13.0. The molecular formula is C24H20FN2O3PS. The van der Waals surface area contributed by atoms with Crippen LogP contribution < -0.4 is 16.4 Å². The second-order valence-corrected chi connectivity index (χ2v) is 9.40. The second kappa shape index (κ2) is 9.92. The normalized spacial score (nSPS) is 11.8. The summed E-state index contributed by atoms with van der Waals surface area (Å²) in [6.45, 7) is 0.118. The summed E-state index contributed by atoms with van der Waals surface area (Å²) in [7, 11) is -2.48. The van der Waals surface area contributed by atoms with Crippen LogP contribution in [0.5, 0.6) is 0 Å². The Hall–Kier alpha value is -3.25. The maximum absolute atomic E-state index is 13.0. The van der Waals surface area contributed by atoms with Gasteiger partial charge in [-0.25, -0.2) is 4.39 Å². The second-order valence-electron chi connectivity index (χ2n) is 7.01. The third-order valence-corrected chi connectivity index (χ3v) is 6.90. The summed E-state index contributed by atoms with van der Waals surface area (Å²) in [5, 5.41) is 5.30. The molecule has 1 atom stereocenters. The largest absolute Gasteiger partial charge is 0.397 e. The molecular weight excluding hydrogens is 446 g/mol. The average molecular weight is 466 g/mol. The van der Waals surface area contributed by atoms with Gasteiger partial charge in [0, 0.05) is 15.7 Å². The van der Waals surface area contributed by atoms with Crippen molar-refractivity contribution in [2.75, 3.05) is 11.1 Å². The molecule has 3 aromatic carbocycles. The van der Waals surface area contributed by atoms with Crippen molar-refractivity contribution in [3.63, 3.8) is 0 Å². The highest BCUT2D eigenvalue weighted by Crippen LogP contribution is 2.30. The van der Waals surface area contributed by atoms with Gasteiger partial charge >= 0.3 is 0 Å².